The maximum absolute atomic E-state index is 12.7. The Kier molecular flexibility index (Phi) is 4.46. The molecular weight excluding hydrogens is 371 g/mol. The van der Waals surface area contributed by atoms with Crippen LogP contribution in [0.3, 0.4) is 0 Å². The molecule has 0 saturated carbocycles. The first-order chi connectivity index (χ1) is 13.4. The molecule has 142 valence electrons. The Morgan fingerprint density at radius 2 is 1.64 bits per heavy atom. The standard InChI is InChI=1S/C20H14F3N3O2/c1-12-17(24-11-27-12)19-26-25-18(28-19)16-5-3-2-4-14(16)10-13-6-8-15(9-7-13)20(21,22)23/h2-9,11H,10H2,1H3. The first-order valence-corrected chi connectivity index (χ1v) is 8.40. The van der Waals surface area contributed by atoms with Crippen LogP contribution in [0.2, 0.25) is 0 Å². The topological polar surface area (TPSA) is 65.0 Å². The van der Waals surface area contributed by atoms with Crippen molar-refractivity contribution in [3.8, 4) is 23.0 Å². The molecular formula is C20H14F3N3O2. The smallest absolute Gasteiger partial charge is 0.416 e. The van der Waals surface area contributed by atoms with Crippen molar-refractivity contribution in [3.05, 3.63) is 77.4 Å². The van der Waals surface area contributed by atoms with Crippen molar-refractivity contribution in [1.82, 2.24) is 15.2 Å². The Hall–Kier alpha value is -3.42. The number of halogens is 3. The fourth-order valence-corrected chi connectivity index (χ4v) is 2.85. The van der Waals surface area contributed by atoms with E-state index in [-0.39, 0.29) is 5.89 Å². The van der Waals surface area contributed by atoms with Crippen LogP contribution in [0, 0.1) is 6.92 Å². The van der Waals surface area contributed by atoms with Gasteiger partial charge in [-0.25, -0.2) is 4.98 Å². The highest BCUT2D eigenvalue weighted by atomic mass is 19.4. The predicted molar refractivity (Wildman–Crippen MR) is 94.2 cm³/mol. The van der Waals surface area contributed by atoms with Crippen LogP contribution in [0.25, 0.3) is 23.0 Å². The minimum absolute atomic E-state index is 0.241. The molecule has 0 aliphatic heterocycles. The summed E-state index contributed by atoms with van der Waals surface area (Å²) in [5, 5.41) is 8.10. The number of hydrogen-bond donors (Lipinski definition) is 0. The molecule has 2 aromatic carbocycles. The van der Waals surface area contributed by atoms with E-state index in [2.05, 4.69) is 15.2 Å². The van der Waals surface area contributed by atoms with Gasteiger partial charge in [-0.1, -0.05) is 30.3 Å². The lowest BCUT2D eigenvalue weighted by Gasteiger charge is -2.09. The molecule has 2 heterocycles. The zero-order chi connectivity index (χ0) is 19.7. The summed E-state index contributed by atoms with van der Waals surface area (Å²) in [4.78, 5) is 4.06. The molecule has 5 nitrogen and oxygen atoms in total. The monoisotopic (exact) mass is 385 g/mol. The molecule has 0 fully saturated rings. The SMILES string of the molecule is Cc1ocnc1-c1nnc(-c2ccccc2Cc2ccc(C(F)(F)F)cc2)o1. The zero-order valence-corrected chi connectivity index (χ0v) is 14.7. The van der Waals surface area contributed by atoms with E-state index in [9.17, 15) is 13.2 Å². The largest absolute Gasteiger partial charge is 0.448 e. The van der Waals surface area contributed by atoms with Crippen molar-refractivity contribution in [2.45, 2.75) is 19.5 Å². The third kappa shape index (κ3) is 3.53. The van der Waals surface area contributed by atoms with Crippen molar-refractivity contribution in [2.75, 3.05) is 0 Å². The van der Waals surface area contributed by atoms with Gasteiger partial charge < -0.3 is 8.83 Å². The van der Waals surface area contributed by atoms with Gasteiger partial charge in [0, 0.05) is 5.56 Å². The van der Waals surface area contributed by atoms with Crippen molar-refractivity contribution < 1.29 is 22.0 Å². The quantitative estimate of drug-likeness (QED) is 0.476. The van der Waals surface area contributed by atoms with E-state index in [4.69, 9.17) is 8.83 Å². The molecule has 0 spiro atoms. The Labute approximate surface area is 157 Å². The molecule has 0 aliphatic rings. The summed E-state index contributed by atoms with van der Waals surface area (Å²) in [7, 11) is 0. The van der Waals surface area contributed by atoms with Gasteiger partial charge in [-0.15, -0.1) is 10.2 Å². The lowest BCUT2D eigenvalue weighted by molar-refractivity contribution is -0.137. The number of alkyl halides is 3. The molecule has 4 rings (SSSR count). The average Bonchev–Trinajstić information content (AvgIpc) is 3.31. The Morgan fingerprint density at radius 1 is 0.929 bits per heavy atom. The van der Waals surface area contributed by atoms with E-state index in [1.807, 2.05) is 24.3 Å². The normalized spacial score (nSPS) is 11.7. The van der Waals surface area contributed by atoms with Crippen LogP contribution in [0.5, 0.6) is 0 Å². The number of hydrogen-bond acceptors (Lipinski definition) is 5. The van der Waals surface area contributed by atoms with Gasteiger partial charge in [0.25, 0.3) is 5.89 Å². The summed E-state index contributed by atoms with van der Waals surface area (Å²) in [5.74, 6) is 1.11. The second-order valence-corrected chi connectivity index (χ2v) is 6.20. The van der Waals surface area contributed by atoms with Gasteiger partial charge in [0.05, 0.1) is 5.56 Å². The highest BCUT2D eigenvalue weighted by Crippen LogP contribution is 2.31. The van der Waals surface area contributed by atoms with Crippen molar-refractivity contribution >= 4 is 0 Å². The van der Waals surface area contributed by atoms with Crippen LogP contribution in [0.4, 0.5) is 13.2 Å². The predicted octanol–water partition coefficient (Wildman–Crippen LogP) is 5.31. The molecule has 8 heteroatoms. The molecule has 0 bridgehead atoms. The molecule has 2 aromatic heterocycles. The third-order valence-corrected chi connectivity index (χ3v) is 4.30. The summed E-state index contributed by atoms with van der Waals surface area (Å²) in [6.07, 6.45) is -2.63. The van der Waals surface area contributed by atoms with Gasteiger partial charge in [-0.2, -0.15) is 13.2 Å². The number of rotatable bonds is 4. The van der Waals surface area contributed by atoms with Crippen LogP contribution in [0.15, 0.2) is 63.8 Å². The Morgan fingerprint density at radius 3 is 2.32 bits per heavy atom. The zero-order valence-electron chi connectivity index (χ0n) is 14.7. The maximum Gasteiger partial charge on any atom is 0.416 e. The van der Waals surface area contributed by atoms with E-state index in [1.54, 1.807) is 6.92 Å². The average molecular weight is 385 g/mol. The van der Waals surface area contributed by atoms with Crippen LogP contribution in [-0.4, -0.2) is 15.2 Å². The Balaban J connectivity index is 1.63. The second kappa shape index (κ2) is 6.95. The van der Waals surface area contributed by atoms with Crippen LogP contribution >= 0.6 is 0 Å². The summed E-state index contributed by atoms with van der Waals surface area (Å²) >= 11 is 0. The number of aryl methyl sites for hydroxylation is 1. The highest BCUT2D eigenvalue weighted by molar-refractivity contribution is 5.61. The van der Waals surface area contributed by atoms with Gasteiger partial charge >= 0.3 is 6.18 Å². The first-order valence-electron chi connectivity index (χ1n) is 8.40. The molecule has 0 saturated heterocycles. The summed E-state index contributed by atoms with van der Waals surface area (Å²) in [5.41, 5.74) is 2.11. The van der Waals surface area contributed by atoms with Gasteiger partial charge in [0.2, 0.25) is 5.89 Å². The fraction of sp³-hybridized carbons (Fsp3) is 0.150. The van der Waals surface area contributed by atoms with Crippen LogP contribution in [-0.2, 0) is 12.6 Å². The summed E-state index contributed by atoms with van der Waals surface area (Å²) in [6, 6.07) is 12.5. The lowest BCUT2D eigenvalue weighted by Crippen LogP contribution is -2.04. The summed E-state index contributed by atoms with van der Waals surface area (Å²) < 4.78 is 49.1. The molecule has 28 heavy (non-hydrogen) atoms. The van der Waals surface area contributed by atoms with Gasteiger partial charge in [0.15, 0.2) is 12.1 Å². The van der Waals surface area contributed by atoms with E-state index >= 15 is 0 Å². The molecule has 0 amide bonds. The van der Waals surface area contributed by atoms with E-state index in [1.165, 1.54) is 18.5 Å². The maximum atomic E-state index is 12.7. The highest BCUT2D eigenvalue weighted by Gasteiger charge is 2.30. The minimum atomic E-state index is -4.35. The summed E-state index contributed by atoms with van der Waals surface area (Å²) in [6.45, 7) is 1.74. The number of aromatic nitrogens is 3. The number of nitrogens with zero attached hydrogens (tertiary/aromatic N) is 3. The van der Waals surface area contributed by atoms with Gasteiger partial charge in [-0.05, 0) is 42.7 Å². The van der Waals surface area contributed by atoms with E-state index in [0.717, 1.165) is 23.3 Å². The minimum Gasteiger partial charge on any atom is -0.448 e. The lowest BCUT2D eigenvalue weighted by atomic mass is 9.99. The van der Waals surface area contributed by atoms with Crippen LogP contribution < -0.4 is 0 Å². The molecule has 0 N–H and O–H groups in total. The molecule has 0 radical (unpaired) electrons. The van der Waals surface area contributed by atoms with E-state index in [0.29, 0.717) is 29.3 Å². The first kappa shape index (κ1) is 18.0. The molecule has 0 unspecified atom stereocenters. The van der Waals surface area contributed by atoms with Crippen molar-refractivity contribution in [2.24, 2.45) is 0 Å². The second-order valence-electron chi connectivity index (χ2n) is 6.20. The molecule has 0 atom stereocenters. The fourth-order valence-electron chi connectivity index (χ4n) is 2.85. The number of benzene rings is 2. The van der Waals surface area contributed by atoms with Gasteiger partial charge in [0.1, 0.15) is 5.76 Å². The van der Waals surface area contributed by atoms with Gasteiger partial charge in [-0.3, -0.25) is 0 Å². The van der Waals surface area contributed by atoms with Crippen molar-refractivity contribution in [3.63, 3.8) is 0 Å². The van der Waals surface area contributed by atoms with E-state index < -0.39 is 11.7 Å². The molecule has 0 aliphatic carbocycles. The number of oxazole rings is 1. The van der Waals surface area contributed by atoms with Crippen molar-refractivity contribution in [1.29, 1.82) is 0 Å². The Bertz CT molecular complexity index is 1100. The third-order valence-electron chi connectivity index (χ3n) is 4.30. The molecule has 4 aromatic rings. The van der Waals surface area contributed by atoms with Crippen LogP contribution in [0.1, 0.15) is 22.5 Å².